The summed E-state index contributed by atoms with van der Waals surface area (Å²) in [6.45, 7) is 3.68. The lowest BCUT2D eigenvalue weighted by molar-refractivity contribution is -0.153. The largest absolute Gasteiger partial charge is 0.461 e. The van der Waals surface area contributed by atoms with E-state index < -0.39 is 38.3 Å². The Morgan fingerprint density at radius 2 is 1.65 bits per heavy atom. The van der Waals surface area contributed by atoms with Crippen molar-refractivity contribution in [2.45, 2.75) is 50.3 Å². The molecule has 0 bridgehead atoms. The molecule has 0 aromatic rings. The molecule has 9 heteroatoms. The minimum Gasteiger partial charge on any atom is -0.461 e. The van der Waals surface area contributed by atoms with Gasteiger partial charge in [0.25, 0.3) is 0 Å². The minimum absolute atomic E-state index is 0.0988. The van der Waals surface area contributed by atoms with Crippen LogP contribution in [0.25, 0.3) is 0 Å². The molecule has 0 spiro atoms. The van der Waals surface area contributed by atoms with Gasteiger partial charge in [0.2, 0.25) is 11.4 Å². The van der Waals surface area contributed by atoms with Gasteiger partial charge in [0.05, 0.1) is 17.6 Å². The third-order valence-corrected chi connectivity index (χ3v) is 5.83. The van der Waals surface area contributed by atoms with E-state index in [9.17, 15) is 18.0 Å². The van der Waals surface area contributed by atoms with Crippen molar-refractivity contribution in [1.29, 1.82) is 0 Å². The van der Waals surface area contributed by atoms with Gasteiger partial charge in [0.15, 0.2) is 9.84 Å². The summed E-state index contributed by atoms with van der Waals surface area (Å²) in [7, 11) is -2.38. The maximum absolute atomic E-state index is 12.5. The summed E-state index contributed by atoms with van der Waals surface area (Å²) in [6.07, 6.45) is 2.19. The molecule has 1 atom stereocenters. The first kappa shape index (κ1) is 21.8. The minimum atomic E-state index is -3.78. The highest BCUT2D eigenvalue weighted by atomic mass is 32.2. The normalized spacial score (nSPS) is 14.5. The van der Waals surface area contributed by atoms with E-state index in [1.54, 1.807) is 0 Å². The molecule has 0 aliphatic carbocycles. The molecule has 0 aliphatic rings. The maximum Gasteiger partial charge on any atom is 0.337 e. The van der Waals surface area contributed by atoms with E-state index in [4.69, 9.17) is 20.9 Å². The Kier molecular flexibility index (Phi) is 9.33. The van der Waals surface area contributed by atoms with Gasteiger partial charge in [-0.25, -0.2) is 13.2 Å². The topological polar surface area (TPSA) is 139 Å². The quantitative estimate of drug-likeness (QED) is 0.280. The number of amides is 1. The van der Waals surface area contributed by atoms with Crippen LogP contribution in [-0.2, 0) is 28.9 Å². The van der Waals surface area contributed by atoms with Gasteiger partial charge >= 0.3 is 5.97 Å². The van der Waals surface area contributed by atoms with Crippen molar-refractivity contribution in [2.24, 2.45) is 11.5 Å². The second kappa shape index (κ2) is 9.84. The Bertz CT molecular complexity index is 487. The molecule has 136 valence electrons. The molecule has 0 fully saturated rings. The van der Waals surface area contributed by atoms with Gasteiger partial charge in [0.1, 0.15) is 6.61 Å². The van der Waals surface area contributed by atoms with Crippen molar-refractivity contribution in [2.75, 3.05) is 26.1 Å². The number of sulfone groups is 1. The molecule has 23 heavy (non-hydrogen) atoms. The van der Waals surface area contributed by atoms with Crippen molar-refractivity contribution in [1.82, 2.24) is 0 Å². The zero-order valence-corrected chi connectivity index (χ0v) is 14.9. The molecule has 4 N–H and O–H groups in total. The molecule has 0 saturated carbocycles. The number of hydrogen-bond donors (Lipinski definition) is 2. The number of methoxy groups -OCH3 is 1. The zero-order valence-electron chi connectivity index (χ0n) is 14.0. The van der Waals surface area contributed by atoms with Gasteiger partial charge in [-0.3, -0.25) is 4.79 Å². The fraction of sp³-hybridized carbons (Fsp3) is 0.857. The Labute approximate surface area is 137 Å². The summed E-state index contributed by atoms with van der Waals surface area (Å²) < 4.78 is 34.6. The van der Waals surface area contributed by atoms with Crippen LogP contribution < -0.4 is 11.5 Å². The van der Waals surface area contributed by atoms with E-state index in [1.165, 1.54) is 7.11 Å². The molecular weight excluding hydrogens is 324 g/mol. The molecular formula is C14H28N2O6S. The SMILES string of the molecule is CCCC(CCC)S(=O)(=O)C[C@](N)(C(N)=O)C(=O)OCCOC. The predicted molar refractivity (Wildman–Crippen MR) is 86.3 cm³/mol. The van der Waals surface area contributed by atoms with E-state index in [2.05, 4.69) is 0 Å². The van der Waals surface area contributed by atoms with Crippen LogP contribution in [-0.4, -0.2) is 57.2 Å². The zero-order chi connectivity index (χ0) is 18.1. The van der Waals surface area contributed by atoms with E-state index in [-0.39, 0.29) is 13.2 Å². The average molecular weight is 352 g/mol. The summed E-state index contributed by atoms with van der Waals surface area (Å²) in [6, 6.07) is 0. The molecule has 0 aliphatic heterocycles. The van der Waals surface area contributed by atoms with Crippen LogP contribution in [0.5, 0.6) is 0 Å². The summed E-state index contributed by atoms with van der Waals surface area (Å²) in [5.41, 5.74) is 8.49. The number of carbonyl (C=O) groups is 2. The number of carbonyl (C=O) groups excluding carboxylic acids is 2. The lowest BCUT2D eigenvalue weighted by Crippen LogP contribution is -2.63. The van der Waals surface area contributed by atoms with E-state index in [1.807, 2.05) is 13.8 Å². The van der Waals surface area contributed by atoms with Crippen molar-refractivity contribution >= 4 is 21.7 Å². The Balaban J connectivity index is 5.30. The van der Waals surface area contributed by atoms with Crippen LogP contribution >= 0.6 is 0 Å². The Morgan fingerprint density at radius 3 is 2.04 bits per heavy atom. The average Bonchev–Trinajstić information content (AvgIpc) is 2.46. The third-order valence-electron chi connectivity index (χ3n) is 3.48. The Morgan fingerprint density at radius 1 is 1.13 bits per heavy atom. The molecule has 0 unspecified atom stereocenters. The van der Waals surface area contributed by atoms with E-state index >= 15 is 0 Å². The van der Waals surface area contributed by atoms with E-state index in [0.717, 1.165) is 0 Å². The van der Waals surface area contributed by atoms with Gasteiger partial charge in [-0.1, -0.05) is 26.7 Å². The molecule has 0 heterocycles. The van der Waals surface area contributed by atoms with Gasteiger partial charge in [0, 0.05) is 7.11 Å². The highest BCUT2D eigenvalue weighted by Crippen LogP contribution is 2.20. The lowest BCUT2D eigenvalue weighted by atomic mass is 10.0. The van der Waals surface area contributed by atoms with Crippen LogP contribution in [0, 0.1) is 0 Å². The van der Waals surface area contributed by atoms with E-state index in [0.29, 0.717) is 25.7 Å². The highest BCUT2D eigenvalue weighted by Gasteiger charge is 2.47. The number of nitrogens with two attached hydrogens (primary N) is 2. The van der Waals surface area contributed by atoms with Gasteiger partial charge in [-0.2, -0.15) is 0 Å². The maximum atomic E-state index is 12.5. The van der Waals surface area contributed by atoms with Crippen LogP contribution in [0.4, 0.5) is 0 Å². The fourth-order valence-corrected chi connectivity index (χ4v) is 4.48. The monoisotopic (exact) mass is 352 g/mol. The summed E-state index contributed by atoms with van der Waals surface area (Å²) in [5.74, 6) is -3.24. The Hall–Kier alpha value is -1.19. The van der Waals surface area contributed by atoms with Gasteiger partial charge < -0.3 is 20.9 Å². The molecule has 1 amide bonds. The number of ether oxygens (including phenoxy) is 2. The van der Waals surface area contributed by atoms with Crippen LogP contribution in [0.3, 0.4) is 0 Å². The van der Waals surface area contributed by atoms with Gasteiger partial charge in [-0.15, -0.1) is 0 Å². The first-order valence-corrected chi connectivity index (χ1v) is 9.33. The molecule has 0 rings (SSSR count). The lowest BCUT2D eigenvalue weighted by Gasteiger charge is -2.26. The summed E-state index contributed by atoms with van der Waals surface area (Å²) in [5, 5.41) is -0.661. The number of esters is 1. The second-order valence-electron chi connectivity index (χ2n) is 5.47. The fourth-order valence-electron chi connectivity index (χ4n) is 2.16. The van der Waals surface area contributed by atoms with Crippen molar-refractivity contribution in [3.8, 4) is 0 Å². The standard InChI is InChI=1S/C14H28N2O6S/c1-4-6-11(7-5-2)23(19,20)10-14(16,12(15)17)13(18)22-9-8-21-3/h11H,4-10,16H2,1-3H3,(H2,15,17)/t14-/m0/s1. The van der Waals surface area contributed by atoms with Crippen molar-refractivity contribution in [3.63, 3.8) is 0 Å². The molecule has 8 nitrogen and oxygen atoms in total. The number of primary amides is 1. The molecule has 0 radical (unpaired) electrons. The highest BCUT2D eigenvalue weighted by molar-refractivity contribution is 7.92. The van der Waals surface area contributed by atoms with Crippen LogP contribution in [0.2, 0.25) is 0 Å². The van der Waals surface area contributed by atoms with Crippen LogP contribution in [0.1, 0.15) is 39.5 Å². The predicted octanol–water partition coefficient (Wildman–Crippen LogP) is -0.258. The van der Waals surface area contributed by atoms with Crippen molar-refractivity contribution < 1.29 is 27.5 Å². The van der Waals surface area contributed by atoms with Crippen molar-refractivity contribution in [3.05, 3.63) is 0 Å². The first-order chi connectivity index (χ1) is 10.7. The number of rotatable bonds is 12. The second-order valence-corrected chi connectivity index (χ2v) is 7.75. The molecule has 0 aromatic heterocycles. The first-order valence-electron chi connectivity index (χ1n) is 7.62. The summed E-state index contributed by atoms with van der Waals surface area (Å²) >= 11 is 0. The molecule has 0 saturated heterocycles. The smallest absolute Gasteiger partial charge is 0.337 e. The molecule has 0 aromatic carbocycles. The van der Waals surface area contributed by atoms with Gasteiger partial charge in [-0.05, 0) is 12.8 Å². The van der Waals surface area contributed by atoms with Crippen LogP contribution in [0.15, 0.2) is 0 Å². The summed E-state index contributed by atoms with van der Waals surface area (Å²) in [4.78, 5) is 23.6. The number of hydrogen-bond acceptors (Lipinski definition) is 7. The third kappa shape index (κ3) is 6.44.